The molecule has 0 bridgehead atoms. The van der Waals surface area contributed by atoms with Crippen molar-refractivity contribution >= 4 is 7.26 Å². The molecule has 2 aromatic carbocycles. The summed E-state index contributed by atoms with van der Waals surface area (Å²) in [5, 5.41) is 0. The molecule has 0 N–H and O–H groups in total. The number of unbranched alkanes of at least 4 members (excludes halogenated alkanes) is 1. The molecule has 0 nitrogen and oxygen atoms in total. The first kappa shape index (κ1) is 15.8. The summed E-state index contributed by atoms with van der Waals surface area (Å²) in [6.45, 7) is 4.99. The van der Waals surface area contributed by atoms with Gasteiger partial charge in [0.1, 0.15) is 0 Å². The van der Waals surface area contributed by atoms with Crippen LogP contribution >= 0.6 is 7.26 Å². The maximum atomic E-state index is 2.66. The summed E-state index contributed by atoms with van der Waals surface area (Å²) in [7, 11) is -1.00. The molecule has 1 fully saturated rings. The highest BCUT2D eigenvalue weighted by atomic mass is 31.2. The molecule has 0 spiro atoms. The van der Waals surface area contributed by atoms with Gasteiger partial charge in [0.05, 0.1) is 24.1 Å². The van der Waals surface area contributed by atoms with Crippen LogP contribution in [0.3, 0.4) is 0 Å². The second kappa shape index (κ2) is 6.97. The van der Waals surface area contributed by atoms with Crippen LogP contribution in [0, 0.1) is 0 Å². The number of hydrogen-bond acceptors (Lipinski definition) is 0. The Morgan fingerprint density at radius 3 is 1.68 bits per heavy atom. The predicted molar refractivity (Wildman–Crippen MR) is 100 cm³/mol. The van der Waals surface area contributed by atoms with Crippen LogP contribution in [0.1, 0.15) is 55.1 Å². The Hall–Kier alpha value is -1.13. The van der Waals surface area contributed by atoms with Crippen molar-refractivity contribution in [3.05, 3.63) is 71.8 Å². The lowest BCUT2D eigenvalue weighted by Crippen LogP contribution is -2.08. The van der Waals surface area contributed by atoms with E-state index in [1.807, 2.05) is 0 Å². The highest BCUT2D eigenvalue weighted by Gasteiger charge is 2.53. The zero-order valence-corrected chi connectivity index (χ0v) is 14.8. The number of benzene rings is 2. The zero-order chi connectivity index (χ0) is 15.4. The molecule has 0 radical (unpaired) electrons. The van der Waals surface area contributed by atoms with Crippen molar-refractivity contribution < 1.29 is 0 Å². The molecule has 1 aliphatic heterocycles. The first-order valence-electron chi connectivity index (χ1n) is 8.70. The number of rotatable bonds is 5. The highest BCUT2D eigenvalue weighted by molar-refractivity contribution is 7.76. The molecular formula is C21H28P+. The van der Waals surface area contributed by atoms with E-state index in [9.17, 15) is 0 Å². The van der Waals surface area contributed by atoms with Crippen molar-refractivity contribution in [1.29, 1.82) is 0 Å². The van der Waals surface area contributed by atoms with Crippen molar-refractivity contribution in [2.24, 2.45) is 0 Å². The van der Waals surface area contributed by atoms with E-state index in [1.54, 1.807) is 11.1 Å². The van der Waals surface area contributed by atoms with Crippen molar-refractivity contribution in [3.8, 4) is 0 Å². The third-order valence-corrected chi connectivity index (χ3v) is 10.7. The summed E-state index contributed by atoms with van der Waals surface area (Å²) in [4.78, 5) is 0. The van der Waals surface area contributed by atoms with Crippen molar-refractivity contribution in [2.45, 2.75) is 43.9 Å². The van der Waals surface area contributed by atoms with Crippen molar-refractivity contribution in [1.82, 2.24) is 0 Å². The fraction of sp³-hybridized carbons (Fsp3) is 0.429. The summed E-state index contributed by atoms with van der Waals surface area (Å²) in [5.41, 5.74) is 4.80. The van der Waals surface area contributed by atoms with Crippen LogP contribution in [0.2, 0.25) is 0 Å². The zero-order valence-electron chi connectivity index (χ0n) is 13.9. The molecule has 1 heteroatoms. The molecule has 1 heterocycles. The van der Waals surface area contributed by atoms with E-state index in [1.165, 1.54) is 31.8 Å². The van der Waals surface area contributed by atoms with E-state index < -0.39 is 7.26 Å². The van der Waals surface area contributed by atoms with Gasteiger partial charge in [0, 0.05) is 7.26 Å². The topological polar surface area (TPSA) is 0 Å². The smallest absolute Gasteiger partial charge is 0.0652 e. The quantitative estimate of drug-likeness (QED) is 0.538. The molecular weight excluding hydrogens is 283 g/mol. The molecule has 116 valence electrons. The van der Waals surface area contributed by atoms with Gasteiger partial charge in [0.2, 0.25) is 0 Å². The Kier molecular flexibility index (Phi) is 4.99. The minimum atomic E-state index is -1.00. The fourth-order valence-electron chi connectivity index (χ4n) is 4.30. The maximum absolute atomic E-state index is 2.66. The molecule has 2 atom stereocenters. The average Bonchev–Trinajstić information content (AvgIpc) is 2.92. The van der Waals surface area contributed by atoms with Gasteiger partial charge in [-0.25, -0.2) is 0 Å². The minimum absolute atomic E-state index is 0.811. The van der Waals surface area contributed by atoms with Gasteiger partial charge < -0.3 is 0 Å². The second-order valence-corrected chi connectivity index (χ2v) is 11.2. The molecule has 0 saturated carbocycles. The molecule has 0 amide bonds. The number of hydrogen-bond donors (Lipinski definition) is 0. The Balaban J connectivity index is 1.95. The largest absolute Gasteiger partial charge is 0.0950 e. The van der Waals surface area contributed by atoms with E-state index in [4.69, 9.17) is 0 Å². The van der Waals surface area contributed by atoms with Crippen LogP contribution in [0.25, 0.3) is 0 Å². The SMILES string of the molecule is CCCC[P+]1(C)[C@@H](c2ccccc2)CC[C@@H]1c1ccccc1. The van der Waals surface area contributed by atoms with Crippen LogP contribution < -0.4 is 0 Å². The van der Waals surface area contributed by atoms with Gasteiger partial charge >= 0.3 is 0 Å². The molecule has 1 aliphatic rings. The Morgan fingerprint density at radius 2 is 1.27 bits per heavy atom. The fourth-order valence-corrected chi connectivity index (χ4v) is 9.54. The molecule has 0 unspecified atom stereocenters. The predicted octanol–water partition coefficient (Wildman–Crippen LogP) is 6.71. The van der Waals surface area contributed by atoms with Gasteiger partial charge in [0.25, 0.3) is 0 Å². The van der Waals surface area contributed by atoms with Crippen LogP contribution in [-0.2, 0) is 0 Å². The van der Waals surface area contributed by atoms with Crippen LogP contribution in [0.5, 0.6) is 0 Å². The average molecular weight is 311 g/mol. The van der Waals surface area contributed by atoms with Gasteiger partial charge in [-0.1, -0.05) is 74.0 Å². The summed E-state index contributed by atoms with van der Waals surface area (Å²) in [6.07, 6.45) is 6.90. The van der Waals surface area contributed by atoms with E-state index in [2.05, 4.69) is 74.3 Å². The van der Waals surface area contributed by atoms with Crippen molar-refractivity contribution in [2.75, 3.05) is 12.8 Å². The maximum Gasteiger partial charge on any atom is 0.0950 e. The Labute approximate surface area is 136 Å². The lowest BCUT2D eigenvalue weighted by molar-refractivity contribution is 0.765. The molecule has 0 aromatic heterocycles. The van der Waals surface area contributed by atoms with Crippen LogP contribution in [0.4, 0.5) is 0 Å². The molecule has 1 saturated heterocycles. The van der Waals surface area contributed by atoms with Gasteiger partial charge in [-0.15, -0.1) is 0 Å². The molecule has 2 aromatic rings. The standard InChI is InChI=1S/C21H28P/c1-3-4-17-22(2)20(18-11-7-5-8-12-18)15-16-21(22)19-13-9-6-10-14-19/h5-14,20-21H,3-4,15-17H2,1-2H3/q+1/t20-,21-/m1/s1. The van der Waals surface area contributed by atoms with Crippen LogP contribution in [0.15, 0.2) is 60.7 Å². The summed E-state index contributed by atoms with van der Waals surface area (Å²) < 4.78 is 0. The Morgan fingerprint density at radius 1 is 0.818 bits per heavy atom. The van der Waals surface area contributed by atoms with Gasteiger partial charge in [0.15, 0.2) is 0 Å². The first-order chi connectivity index (χ1) is 10.8. The van der Waals surface area contributed by atoms with E-state index in [0.717, 1.165) is 11.3 Å². The summed E-state index contributed by atoms with van der Waals surface area (Å²) >= 11 is 0. The lowest BCUT2D eigenvalue weighted by Gasteiger charge is -2.31. The highest BCUT2D eigenvalue weighted by Crippen LogP contribution is 2.82. The molecule has 3 rings (SSSR count). The van der Waals surface area contributed by atoms with Gasteiger partial charge in [-0.3, -0.25) is 0 Å². The normalized spacial score (nSPS) is 23.5. The molecule has 0 aliphatic carbocycles. The monoisotopic (exact) mass is 311 g/mol. The first-order valence-corrected chi connectivity index (χ1v) is 11.3. The molecule has 22 heavy (non-hydrogen) atoms. The Bertz CT molecular complexity index is 528. The van der Waals surface area contributed by atoms with E-state index >= 15 is 0 Å². The second-order valence-electron chi connectivity index (χ2n) is 6.85. The third-order valence-electron chi connectivity index (χ3n) is 5.50. The van der Waals surface area contributed by atoms with E-state index in [-0.39, 0.29) is 0 Å². The van der Waals surface area contributed by atoms with Crippen LogP contribution in [-0.4, -0.2) is 12.8 Å². The van der Waals surface area contributed by atoms with Gasteiger partial charge in [-0.05, 0) is 30.4 Å². The van der Waals surface area contributed by atoms with Gasteiger partial charge in [-0.2, -0.15) is 0 Å². The van der Waals surface area contributed by atoms with E-state index in [0.29, 0.717) is 0 Å². The summed E-state index contributed by atoms with van der Waals surface area (Å²) in [5.74, 6) is 0. The van der Waals surface area contributed by atoms with Crippen molar-refractivity contribution in [3.63, 3.8) is 0 Å². The lowest BCUT2D eigenvalue weighted by atomic mass is 10.0. The summed E-state index contributed by atoms with van der Waals surface area (Å²) in [6, 6.07) is 22.6. The minimum Gasteiger partial charge on any atom is -0.0652 e. The third kappa shape index (κ3) is 2.99.